The Morgan fingerprint density at radius 2 is 2.05 bits per heavy atom. The molecule has 0 radical (unpaired) electrons. The summed E-state index contributed by atoms with van der Waals surface area (Å²) in [5.74, 6) is 0.677. The Balaban J connectivity index is 2.16. The number of ether oxygens (including phenoxy) is 1. The van der Waals surface area contributed by atoms with Gasteiger partial charge >= 0.3 is 5.69 Å². The fourth-order valence-corrected chi connectivity index (χ4v) is 1.73. The van der Waals surface area contributed by atoms with Gasteiger partial charge in [-0.05, 0) is 24.1 Å². The minimum absolute atomic E-state index is 0.0206. The molecule has 0 saturated carbocycles. The normalized spacial score (nSPS) is 10.2. The lowest BCUT2D eigenvalue weighted by Crippen LogP contribution is -2.01. The molecule has 0 aliphatic heterocycles. The van der Waals surface area contributed by atoms with Gasteiger partial charge in [-0.3, -0.25) is 10.1 Å². The van der Waals surface area contributed by atoms with E-state index in [1.165, 1.54) is 6.07 Å². The quantitative estimate of drug-likeness (QED) is 0.668. The number of nitro groups is 1. The highest BCUT2D eigenvalue weighted by molar-refractivity contribution is 5.48. The van der Waals surface area contributed by atoms with Crippen molar-refractivity contribution in [1.82, 2.24) is 4.98 Å². The number of aryl methyl sites for hydroxylation is 1. The molecule has 0 fully saturated rings. The van der Waals surface area contributed by atoms with Gasteiger partial charge in [0.1, 0.15) is 12.4 Å². The number of nitrogens with two attached hydrogens (primary N) is 1. The van der Waals surface area contributed by atoms with Crippen LogP contribution in [-0.2, 0) is 13.0 Å². The van der Waals surface area contributed by atoms with Crippen LogP contribution in [0.25, 0.3) is 0 Å². The lowest BCUT2D eigenvalue weighted by Gasteiger charge is -2.08. The monoisotopic (exact) mass is 273 g/mol. The maximum Gasteiger partial charge on any atom is 0.311 e. The number of nitrogen functional groups attached to an aromatic ring is 1. The second-order valence-corrected chi connectivity index (χ2v) is 4.29. The Kier molecular flexibility index (Phi) is 4.14. The highest BCUT2D eigenvalue weighted by Gasteiger charge is 2.15. The average molecular weight is 273 g/mol. The van der Waals surface area contributed by atoms with Crippen LogP contribution in [0, 0.1) is 10.1 Å². The Morgan fingerprint density at radius 1 is 1.30 bits per heavy atom. The third kappa shape index (κ3) is 3.23. The van der Waals surface area contributed by atoms with Crippen molar-refractivity contribution in [3.63, 3.8) is 0 Å². The number of pyridine rings is 1. The molecule has 0 saturated heterocycles. The van der Waals surface area contributed by atoms with Crippen molar-refractivity contribution in [3.05, 3.63) is 57.8 Å². The Morgan fingerprint density at radius 3 is 2.65 bits per heavy atom. The van der Waals surface area contributed by atoms with E-state index in [1.54, 1.807) is 24.4 Å². The van der Waals surface area contributed by atoms with Crippen molar-refractivity contribution in [1.29, 1.82) is 0 Å². The summed E-state index contributed by atoms with van der Waals surface area (Å²) in [7, 11) is 0. The Labute approximate surface area is 116 Å². The molecule has 2 aromatic rings. The van der Waals surface area contributed by atoms with E-state index >= 15 is 0 Å². The van der Waals surface area contributed by atoms with Crippen LogP contribution in [-0.4, -0.2) is 9.91 Å². The van der Waals surface area contributed by atoms with E-state index in [4.69, 9.17) is 10.5 Å². The summed E-state index contributed by atoms with van der Waals surface area (Å²) in [6.45, 7) is 2.15. The zero-order chi connectivity index (χ0) is 14.5. The first-order chi connectivity index (χ1) is 9.60. The van der Waals surface area contributed by atoms with Gasteiger partial charge in [-0.25, -0.2) is 4.98 Å². The summed E-state index contributed by atoms with van der Waals surface area (Å²) in [5.41, 5.74) is 7.17. The minimum Gasteiger partial charge on any atom is -0.482 e. The lowest BCUT2D eigenvalue weighted by atomic mass is 10.1. The average Bonchev–Trinajstić information content (AvgIpc) is 2.46. The molecule has 0 atom stereocenters. The number of rotatable bonds is 5. The largest absolute Gasteiger partial charge is 0.482 e. The molecule has 2 rings (SSSR count). The highest BCUT2D eigenvalue weighted by atomic mass is 16.6. The van der Waals surface area contributed by atoms with Gasteiger partial charge in [-0.2, -0.15) is 0 Å². The van der Waals surface area contributed by atoms with Gasteiger partial charge in [0.2, 0.25) is 0 Å². The molecule has 2 N–H and O–H groups in total. The molecule has 1 aromatic carbocycles. The summed E-state index contributed by atoms with van der Waals surface area (Å²) < 4.78 is 5.50. The van der Waals surface area contributed by atoms with Crippen LogP contribution in [0.4, 0.5) is 11.5 Å². The number of nitrogens with zero attached hydrogens (tertiary/aromatic N) is 2. The van der Waals surface area contributed by atoms with Crippen molar-refractivity contribution in [3.8, 4) is 5.75 Å². The van der Waals surface area contributed by atoms with E-state index in [-0.39, 0.29) is 18.0 Å². The van der Waals surface area contributed by atoms with Crippen molar-refractivity contribution in [2.24, 2.45) is 0 Å². The zero-order valence-electron chi connectivity index (χ0n) is 11.1. The number of hydrogen-bond acceptors (Lipinski definition) is 5. The van der Waals surface area contributed by atoms with Gasteiger partial charge in [0.25, 0.3) is 0 Å². The molecular weight excluding hydrogens is 258 g/mol. The molecule has 0 unspecified atom stereocenters. The first kappa shape index (κ1) is 13.8. The lowest BCUT2D eigenvalue weighted by molar-refractivity contribution is -0.386. The third-order valence-electron chi connectivity index (χ3n) is 2.87. The summed E-state index contributed by atoms with van der Waals surface area (Å²) in [5, 5.41) is 11.0. The van der Waals surface area contributed by atoms with Gasteiger partial charge in [0.15, 0.2) is 5.75 Å². The maximum atomic E-state index is 11.0. The molecule has 1 heterocycles. The molecule has 20 heavy (non-hydrogen) atoms. The molecule has 1 aromatic heterocycles. The van der Waals surface area contributed by atoms with Gasteiger partial charge in [-0.15, -0.1) is 0 Å². The third-order valence-corrected chi connectivity index (χ3v) is 2.87. The second-order valence-electron chi connectivity index (χ2n) is 4.29. The topological polar surface area (TPSA) is 91.3 Å². The second kappa shape index (κ2) is 6.01. The smallest absolute Gasteiger partial charge is 0.311 e. The van der Waals surface area contributed by atoms with E-state index in [2.05, 4.69) is 4.98 Å². The van der Waals surface area contributed by atoms with Crippen LogP contribution >= 0.6 is 0 Å². The van der Waals surface area contributed by atoms with E-state index < -0.39 is 4.92 Å². The maximum absolute atomic E-state index is 11.0. The van der Waals surface area contributed by atoms with Crippen LogP contribution in [0.3, 0.4) is 0 Å². The van der Waals surface area contributed by atoms with Crippen molar-refractivity contribution < 1.29 is 9.66 Å². The molecule has 104 valence electrons. The number of nitro benzene ring substituents is 1. The van der Waals surface area contributed by atoms with Crippen molar-refractivity contribution in [2.45, 2.75) is 20.0 Å². The summed E-state index contributed by atoms with van der Waals surface area (Å²) >= 11 is 0. The minimum atomic E-state index is -0.435. The first-order valence-corrected chi connectivity index (χ1v) is 6.20. The van der Waals surface area contributed by atoms with Gasteiger partial charge < -0.3 is 10.5 Å². The van der Waals surface area contributed by atoms with Gasteiger partial charge in [0.05, 0.1) is 4.92 Å². The van der Waals surface area contributed by atoms with Gasteiger partial charge in [0, 0.05) is 17.8 Å². The number of aromatic nitrogens is 1. The fourth-order valence-electron chi connectivity index (χ4n) is 1.73. The summed E-state index contributed by atoms with van der Waals surface area (Å²) in [4.78, 5) is 14.5. The fraction of sp³-hybridized carbons (Fsp3) is 0.214. The van der Waals surface area contributed by atoms with E-state index in [9.17, 15) is 10.1 Å². The predicted molar refractivity (Wildman–Crippen MR) is 75.5 cm³/mol. The zero-order valence-corrected chi connectivity index (χ0v) is 11.1. The standard InChI is InChI=1S/C14H15N3O3/c1-2-10-3-5-13(12(7-10)17(18)19)20-9-11-4-6-14(15)16-8-11/h3-8H,2,9H2,1H3,(H2,15,16). The van der Waals surface area contributed by atoms with E-state index in [1.807, 2.05) is 13.0 Å². The SMILES string of the molecule is CCc1ccc(OCc2ccc(N)nc2)c([N+](=O)[O-])c1. The Hall–Kier alpha value is -2.63. The number of anilines is 1. The predicted octanol–water partition coefficient (Wildman–Crippen LogP) is 2.71. The molecule has 0 aliphatic carbocycles. The molecule has 6 nitrogen and oxygen atoms in total. The van der Waals surface area contributed by atoms with Crippen LogP contribution in [0.1, 0.15) is 18.1 Å². The number of hydrogen-bond donors (Lipinski definition) is 1. The number of benzene rings is 1. The molecule has 6 heteroatoms. The molecule has 0 spiro atoms. The molecular formula is C14H15N3O3. The Bertz CT molecular complexity index is 612. The van der Waals surface area contributed by atoms with E-state index in [0.29, 0.717) is 5.82 Å². The van der Waals surface area contributed by atoms with Crippen molar-refractivity contribution in [2.75, 3.05) is 5.73 Å². The molecule has 0 bridgehead atoms. The van der Waals surface area contributed by atoms with E-state index in [0.717, 1.165) is 17.5 Å². The summed E-state index contributed by atoms with van der Waals surface area (Å²) in [6, 6.07) is 8.42. The highest BCUT2D eigenvalue weighted by Crippen LogP contribution is 2.28. The molecule has 0 amide bonds. The molecule has 0 aliphatic rings. The first-order valence-electron chi connectivity index (χ1n) is 6.20. The summed E-state index contributed by atoms with van der Waals surface area (Å²) in [6.07, 6.45) is 2.32. The van der Waals surface area contributed by atoms with Crippen LogP contribution in [0.15, 0.2) is 36.5 Å². The van der Waals surface area contributed by atoms with Crippen LogP contribution in [0.5, 0.6) is 5.75 Å². The van der Waals surface area contributed by atoms with Crippen LogP contribution in [0.2, 0.25) is 0 Å². The van der Waals surface area contributed by atoms with Crippen molar-refractivity contribution >= 4 is 11.5 Å². The van der Waals surface area contributed by atoms with Gasteiger partial charge in [-0.1, -0.05) is 19.1 Å². The van der Waals surface area contributed by atoms with Crippen LogP contribution < -0.4 is 10.5 Å².